The largest absolute Gasteiger partial charge is 1.00 e. The Hall–Kier alpha value is -4.90. The van der Waals surface area contributed by atoms with Crippen molar-refractivity contribution in [3.8, 4) is 0 Å². The number of ether oxygens (including phenoxy) is 4. The van der Waals surface area contributed by atoms with Crippen molar-refractivity contribution in [2.45, 2.75) is 172 Å². The van der Waals surface area contributed by atoms with E-state index in [1.165, 1.54) is 48.2 Å². The molecule has 23 nitrogen and oxygen atoms in total. The van der Waals surface area contributed by atoms with Crippen LogP contribution in [0, 0.1) is 5.92 Å². The Bertz CT molecular complexity index is 4940. The van der Waals surface area contributed by atoms with Gasteiger partial charge in [0.05, 0.1) is 57.7 Å². The number of carbonyl (C=O) groups excluding carboxylic acids is 5. The molecule has 2 N–H and O–H groups in total. The Balaban J connectivity index is -0.000000268. The summed E-state index contributed by atoms with van der Waals surface area (Å²) in [6.07, 6.45) is 12.7. The molecule has 692 valence electrons. The van der Waals surface area contributed by atoms with Crippen molar-refractivity contribution in [3.05, 3.63) is 245 Å². The summed E-state index contributed by atoms with van der Waals surface area (Å²) in [5, 5.41) is 16.6. The molecule has 34 heteroatoms. The smallest absolute Gasteiger partial charge is 1.00 e. The number of halogens is 5. The van der Waals surface area contributed by atoms with Gasteiger partial charge in [-0.1, -0.05) is 291 Å². The summed E-state index contributed by atoms with van der Waals surface area (Å²) >= 11 is 17.5. The van der Waals surface area contributed by atoms with Crippen LogP contribution in [0.3, 0.4) is 0 Å². The van der Waals surface area contributed by atoms with E-state index in [4.69, 9.17) is 75.5 Å². The summed E-state index contributed by atoms with van der Waals surface area (Å²) in [6.45, 7) is 51.7. The van der Waals surface area contributed by atoms with E-state index in [2.05, 4.69) is 84.1 Å². The number of esters is 4. The van der Waals surface area contributed by atoms with Crippen LogP contribution in [0.15, 0.2) is 265 Å². The molecule has 1 heterocycles. The molecule has 1 aliphatic rings. The Kier molecular flexibility index (Phi) is 82.4. The molecule has 126 heavy (non-hydrogen) atoms. The van der Waals surface area contributed by atoms with Crippen molar-refractivity contribution < 1.29 is 191 Å². The van der Waals surface area contributed by atoms with Gasteiger partial charge in [0, 0.05) is 29.1 Å². The van der Waals surface area contributed by atoms with Crippen molar-refractivity contribution in [2.75, 3.05) is 70.2 Å². The van der Waals surface area contributed by atoms with Gasteiger partial charge in [-0.2, -0.15) is 8.61 Å². The molecule has 1 aliphatic heterocycles. The fourth-order valence-corrected chi connectivity index (χ4v) is 16.0. The molecule has 0 aromatic heterocycles. The van der Waals surface area contributed by atoms with Crippen LogP contribution >= 0.6 is 61.4 Å². The van der Waals surface area contributed by atoms with E-state index in [9.17, 15) is 52.8 Å². The van der Waals surface area contributed by atoms with Gasteiger partial charge in [-0.15, -0.1) is 32.9 Å². The molecule has 0 spiro atoms. The summed E-state index contributed by atoms with van der Waals surface area (Å²) in [7, 11) is -9.69. The van der Waals surface area contributed by atoms with Crippen LogP contribution in [0.2, 0.25) is 0 Å². The van der Waals surface area contributed by atoms with Crippen LogP contribution in [-0.2, 0) is 86.7 Å². The zero-order valence-corrected chi connectivity index (χ0v) is 90.1. The molecule has 0 radical (unpaired) electrons. The fourth-order valence-electron chi connectivity index (χ4n) is 10.5. The van der Waals surface area contributed by atoms with Crippen molar-refractivity contribution in [3.63, 3.8) is 0 Å². The van der Waals surface area contributed by atoms with Gasteiger partial charge >= 0.3 is 127 Å². The van der Waals surface area contributed by atoms with Gasteiger partial charge in [0.15, 0.2) is 14.1 Å². The van der Waals surface area contributed by atoms with Crippen LogP contribution in [0.25, 0.3) is 43.1 Å². The first-order chi connectivity index (χ1) is 59.2. The van der Waals surface area contributed by atoms with E-state index >= 15 is 0 Å². The van der Waals surface area contributed by atoms with E-state index in [1.54, 1.807) is 113 Å². The minimum absolute atomic E-state index is 0. The first-order valence-corrected chi connectivity index (χ1v) is 49.6. The summed E-state index contributed by atoms with van der Waals surface area (Å²) in [4.78, 5) is 61.4. The average Bonchev–Trinajstić information content (AvgIpc) is 0.773. The maximum atomic E-state index is 13.2. The van der Waals surface area contributed by atoms with Crippen LogP contribution in [0.4, 0.5) is 0 Å². The molecule has 0 fully saturated rings. The molecular formula is C92H129BrCl4K2N4O19S4. The predicted octanol–water partition coefficient (Wildman–Crippen LogP) is 14.4. The number of hydrogen-bond acceptors (Lipinski definition) is 21. The number of rotatable bonds is 30. The first kappa shape index (κ1) is 132. The van der Waals surface area contributed by atoms with Gasteiger partial charge < -0.3 is 41.2 Å². The normalized spacial score (nSPS) is 12.2. The van der Waals surface area contributed by atoms with Gasteiger partial charge in [0.1, 0.15) is 18.1 Å². The van der Waals surface area contributed by atoms with Crippen LogP contribution in [0.1, 0.15) is 131 Å². The van der Waals surface area contributed by atoms with Gasteiger partial charge in [-0.3, -0.25) is 24.0 Å². The summed E-state index contributed by atoms with van der Waals surface area (Å²) in [6, 6.07) is 47.5. The number of sulfonamides is 2. The third-order valence-corrected chi connectivity index (χ3v) is 23.4. The van der Waals surface area contributed by atoms with Gasteiger partial charge in [-0.05, 0) is 165 Å². The van der Waals surface area contributed by atoms with E-state index in [0.717, 1.165) is 52.7 Å². The Morgan fingerprint density at radius 3 is 1.20 bits per heavy atom. The quantitative estimate of drug-likeness (QED) is 0.00503. The number of allylic oxidation sites excluding steroid dienone is 2. The Labute approximate surface area is 866 Å². The summed E-state index contributed by atoms with van der Waals surface area (Å²) in [5.41, 5.74) is 5.37. The minimum Gasteiger partial charge on any atom is -1.00 e. The molecule has 0 bridgehead atoms. The Morgan fingerprint density at radius 1 is 0.508 bits per heavy atom. The molecule has 0 aliphatic carbocycles. The number of benzene rings is 8. The first-order valence-electron chi connectivity index (χ1n) is 40.4. The molecular weight excluding hydrogens is 1890 g/mol. The number of nitrogens with two attached hydrogens (primary N) is 1. The molecule has 0 saturated heterocycles. The standard InChI is InChI=1S/C20H23NO4S.C18H19NO4S.C18H20O4S.C10H7ClO2S.C7H13NO2.C6H15N.C3H5Br.4C2H6.CHCl3.CH2O3.2K.H/c1-4-9-19(20(22)25-6-3)21(14-5-2)26(23,24)18-13-12-16-10-7-8-11-17(16)15-18;1-2-23-18(20)17-9-5-6-12-19(17)24(21,22)16-11-10-14-7-3-4-8-15(14)13-16;1-3-7-16(18(19)22-4-2)13-23(20,21)17-11-10-14-8-5-6-9-15(14)12-17;11-14(12,13)10-6-5-8-3-1-2-4-9(8)7-10;1-3-5-6(8)7(9)10-4-2;1-4-7(5-2)6-3;1-2-3-4;4*1-2;2-1(3)4;2-1-4-3;;;/h4-5,7-8,10-13,15,19H,1-2,6,9,14H2,3H3;3-8,10-11,13,17H,2,9,12H2,1H3;3,5-6,8-12,16H,1,4,7,13H2,2H3;1-7H;3,6H,1,4-5,8H2,2H3;4-6H2,1-3H3;2H,1,3H2;4*1-2H3;1H;1,3H;;;/q;;;;;;;;;;;;;2*+1;-1/p-1/t19-;17-;16-;;6-;;;;;;;;;;;/m110.1.........../s1. The zero-order chi connectivity index (χ0) is 95.5. The molecule has 8 aromatic rings. The van der Waals surface area contributed by atoms with Crippen molar-refractivity contribution in [1.82, 2.24) is 13.5 Å². The third kappa shape index (κ3) is 51.8. The minimum atomic E-state index is -3.93. The second-order valence-electron chi connectivity index (χ2n) is 23.8. The molecule has 0 unspecified atom stereocenters. The van der Waals surface area contributed by atoms with E-state index in [0.29, 0.717) is 19.4 Å². The van der Waals surface area contributed by atoms with Gasteiger partial charge in [0.25, 0.3) is 15.5 Å². The van der Waals surface area contributed by atoms with E-state index in [-0.39, 0.29) is 188 Å². The van der Waals surface area contributed by atoms with Crippen molar-refractivity contribution in [1.29, 1.82) is 0 Å². The summed E-state index contributed by atoms with van der Waals surface area (Å²) in [5.74, 6) is -2.98. The van der Waals surface area contributed by atoms with E-state index in [1.807, 2.05) is 159 Å². The average molecular weight is 2020 g/mol. The van der Waals surface area contributed by atoms with Gasteiger partial charge in [0.2, 0.25) is 20.0 Å². The maximum Gasteiger partial charge on any atom is 1.00 e. The number of carbonyl (C=O) groups is 5. The fraction of sp³-hybridized carbons (Fsp3) is 0.380. The zero-order valence-electron chi connectivity index (χ0n) is 77.0. The number of hydrogen-bond donors (Lipinski definition) is 1. The maximum absolute atomic E-state index is 13.2. The molecule has 0 amide bonds. The van der Waals surface area contributed by atoms with Gasteiger partial charge in [-0.25, -0.2) is 33.7 Å². The molecule has 8 aromatic carbocycles. The van der Waals surface area contributed by atoms with Crippen LogP contribution < -0.4 is 114 Å². The van der Waals surface area contributed by atoms with Crippen LogP contribution in [-0.4, -0.2) is 170 Å². The van der Waals surface area contributed by atoms with Crippen LogP contribution in [0.5, 0.6) is 0 Å². The molecule has 4 atom stereocenters. The number of nitrogens with zero attached hydrogens (tertiary/aromatic N) is 3. The molecule has 9 rings (SSSR count). The Morgan fingerprint density at radius 2 is 0.849 bits per heavy atom. The van der Waals surface area contributed by atoms with Crippen molar-refractivity contribution >= 4 is 174 Å². The third-order valence-electron chi connectivity index (χ3n) is 16.1. The monoisotopic (exact) mass is 2020 g/mol. The van der Waals surface area contributed by atoms with E-state index < -0.39 is 85.2 Å². The number of alkyl halides is 4. The topological polar surface area (TPSA) is 327 Å². The predicted molar refractivity (Wildman–Crippen MR) is 515 cm³/mol. The van der Waals surface area contributed by atoms with Crippen molar-refractivity contribution in [2.24, 2.45) is 11.7 Å². The number of fused-ring (bicyclic) bond motifs is 4. The SMILES string of the molecule is C=CCBr.C=CC[C@@H](CS(=O)(=O)c1ccc2ccccc2c1)C(=O)OCC.C=CC[C@@H](N)C(=O)OCC.C=CC[C@H](C(=O)OCC)N(CC=C)S(=O)(=O)c1ccc2ccccc2c1.CC.CC.CC.CC.CCN(CC)CC.CCOC(=O)[C@H]1CC=CCN1S(=O)(=O)c1ccc2ccccc2c1.ClC(Cl)Cl.O=CO[O-].O=S(=O)(Cl)c1ccc2ccccc2c1.[H-].[K+].[K+]. The second kappa shape index (κ2) is 78.7. The number of sulfone groups is 1. The second-order valence-corrected chi connectivity index (χ2v) is 34.8. The summed E-state index contributed by atoms with van der Waals surface area (Å²) < 4.78 is 121. The molecule has 0 saturated carbocycles.